The molecule has 2 saturated heterocycles. The molecule has 2 aliphatic heterocycles. The molecule has 2 N–H and O–H groups in total. The van der Waals surface area contributed by atoms with Gasteiger partial charge in [-0.3, -0.25) is 4.79 Å². The minimum Gasteiger partial charge on any atom is -0.493 e. The SMILES string of the molecule is O=C([C@@H]1C[C@@H](O)CN1)N1CCC(COc2cc(Cl)cc(Cl)c2)CC1. The summed E-state index contributed by atoms with van der Waals surface area (Å²) in [4.78, 5) is 14.3. The lowest BCUT2D eigenvalue weighted by molar-refractivity contribution is -0.134. The number of aliphatic hydroxyl groups excluding tert-OH is 1. The molecule has 0 aliphatic carbocycles. The number of likely N-dealkylation sites (tertiary alicyclic amines) is 1. The Kier molecular flexibility index (Phi) is 5.87. The van der Waals surface area contributed by atoms with Crippen molar-refractivity contribution in [3.05, 3.63) is 28.2 Å². The lowest BCUT2D eigenvalue weighted by Crippen LogP contribution is -2.47. The first kappa shape index (κ1) is 17.8. The van der Waals surface area contributed by atoms with Gasteiger partial charge in [-0.15, -0.1) is 0 Å². The minimum absolute atomic E-state index is 0.104. The molecule has 5 nitrogen and oxygen atoms in total. The van der Waals surface area contributed by atoms with Crippen molar-refractivity contribution >= 4 is 29.1 Å². The van der Waals surface area contributed by atoms with E-state index in [1.54, 1.807) is 18.2 Å². The molecule has 0 unspecified atom stereocenters. The molecule has 0 spiro atoms. The number of carbonyl (C=O) groups is 1. The maximum atomic E-state index is 12.4. The molecule has 0 bridgehead atoms. The average Bonchev–Trinajstić information content (AvgIpc) is 2.98. The number of amides is 1. The molecule has 1 amide bonds. The normalized spacial score (nSPS) is 25.0. The van der Waals surface area contributed by atoms with Gasteiger partial charge in [0.25, 0.3) is 0 Å². The molecular formula is C17H22Cl2N2O3. The highest BCUT2D eigenvalue weighted by atomic mass is 35.5. The van der Waals surface area contributed by atoms with Crippen molar-refractivity contribution in [3.8, 4) is 5.75 Å². The number of carbonyl (C=O) groups excluding carboxylic acids is 1. The van der Waals surface area contributed by atoms with Gasteiger partial charge in [0, 0.05) is 29.7 Å². The second-order valence-electron chi connectivity index (χ2n) is 6.54. The van der Waals surface area contributed by atoms with Crippen LogP contribution in [0.3, 0.4) is 0 Å². The van der Waals surface area contributed by atoms with Gasteiger partial charge in [-0.05, 0) is 43.4 Å². The van der Waals surface area contributed by atoms with Gasteiger partial charge in [0.2, 0.25) is 5.91 Å². The lowest BCUT2D eigenvalue weighted by Gasteiger charge is -2.33. The molecule has 24 heavy (non-hydrogen) atoms. The maximum Gasteiger partial charge on any atom is 0.239 e. The van der Waals surface area contributed by atoms with Crippen molar-refractivity contribution in [2.75, 3.05) is 26.2 Å². The number of benzene rings is 1. The van der Waals surface area contributed by atoms with E-state index in [1.165, 1.54) is 0 Å². The summed E-state index contributed by atoms with van der Waals surface area (Å²) >= 11 is 11.9. The Labute approximate surface area is 151 Å². The predicted octanol–water partition coefficient (Wildman–Crippen LogP) is 2.33. The van der Waals surface area contributed by atoms with Gasteiger partial charge in [0.1, 0.15) is 5.75 Å². The van der Waals surface area contributed by atoms with E-state index >= 15 is 0 Å². The molecule has 3 rings (SSSR count). The van der Waals surface area contributed by atoms with Gasteiger partial charge >= 0.3 is 0 Å². The van der Waals surface area contributed by atoms with Crippen LogP contribution in [0.2, 0.25) is 10.0 Å². The third kappa shape index (κ3) is 4.54. The Hall–Kier alpha value is -1.01. The molecule has 0 radical (unpaired) electrons. The second kappa shape index (κ2) is 7.91. The highest BCUT2D eigenvalue weighted by Crippen LogP contribution is 2.26. The maximum absolute atomic E-state index is 12.4. The Morgan fingerprint density at radius 1 is 1.25 bits per heavy atom. The van der Waals surface area contributed by atoms with Crippen LogP contribution in [0.4, 0.5) is 0 Å². The van der Waals surface area contributed by atoms with Crippen LogP contribution < -0.4 is 10.1 Å². The monoisotopic (exact) mass is 372 g/mol. The van der Waals surface area contributed by atoms with Crippen LogP contribution in [0.1, 0.15) is 19.3 Å². The number of hydrogen-bond acceptors (Lipinski definition) is 4. The van der Waals surface area contributed by atoms with Gasteiger partial charge in [-0.1, -0.05) is 23.2 Å². The quantitative estimate of drug-likeness (QED) is 0.851. The number of hydrogen-bond donors (Lipinski definition) is 2. The number of nitrogens with one attached hydrogen (secondary N) is 1. The van der Waals surface area contributed by atoms with E-state index in [0.717, 1.165) is 25.9 Å². The highest BCUT2D eigenvalue weighted by Gasteiger charge is 2.33. The fourth-order valence-electron chi connectivity index (χ4n) is 3.27. The first-order valence-corrected chi connectivity index (χ1v) is 9.06. The van der Waals surface area contributed by atoms with Gasteiger partial charge < -0.3 is 20.1 Å². The topological polar surface area (TPSA) is 61.8 Å². The van der Waals surface area contributed by atoms with Gasteiger partial charge in [0.15, 0.2) is 0 Å². The third-order valence-corrected chi connectivity index (χ3v) is 5.09. The summed E-state index contributed by atoms with van der Waals surface area (Å²) < 4.78 is 5.80. The Bertz CT molecular complexity index is 571. The molecular weight excluding hydrogens is 351 g/mol. The molecule has 1 aromatic rings. The zero-order chi connectivity index (χ0) is 17.1. The van der Waals surface area contributed by atoms with Gasteiger partial charge in [0.05, 0.1) is 18.8 Å². The molecule has 0 saturated carbocycles. The van der Waals surface area contributed by atoms with Crippen LogP contribution in [-0.2, 0) is 4.79 Å². The summed E-state index contributed by atoms with van der Waals surface area (Å²) in [6.45, 7) is 2.57. The number of ether oxygens (including phenoxy) is 1. The van der Waals surface area contributed by atoms with E-state index < -0.39 is 6.10 Å². The number of nitrogens with zero attached hydrogens (tertiary/aromatic N) is 1. The zero-order valence-electron chi connectivity index (χ0n) is 13.4. The van der Waals surface area contributed by atoms with E-state index in [-0.39, 0.29) is 11.9 Å². The number of β-amino-alcohol motifs (C(OH)–C–C–N with tert-alkyl or cyclic N) is 1. The van der Waals surface area contributed by atoms with Crippen LogP contribution in [0, 0.1) is 5.92 Å². The summed E-state index contributed by atoms with van der Waals surface area (Å²) in [5, 5.41) is 13.7. The molecule has 7 heteroatoms. The van der Waals surface area contributed by atoms with Crippen LogP contribution >= 0.6 is 23.2 Å². The average molecular weight is 373 g/mol. The molecule has 1 aromatic carbocycles. The lowest BCUT2D eigenvalue weighted by atomic mass is 9.97. The van der Waals surface area contributed by atoms with Crippen molar-refractivity contribution < 1.29 is 14.6 Å². The van der Waals surface area contributed by atoms with Crippen molar-refractivity contribution in [2.45, 2.75) is 31.4 Å². The van der Waals surface area contributed by atoms with Crippen molar-refractivity contribution in [1.29, 1.82) is 0 Å². The molecule has 2 aliphatic rings. The second-order valence-corrected chi connectivity index (χ2v) is 7.41. The molecule has 132 valence electrons. The smallest absolute Gasteiger partial charge is 0.239 e. The summed E-state index contributed by atoms with van der Waals surface area (Å²) in [5.41, 5.74) is 0. The van der Waals surface area contributed by atoms with Crippen molar-refractivity contribution in [1.82, 2.24) is 10.2 Å². The first-order chi connectivity index (χ1) is 11.5. The number of rotatable bonds is 4. The number of halogens is 2. The molecule has 2 atom stereocenters. The standard InChI is InChI=1S/C17H22Cl2N2O3/c18-12-5-13(19)7-15(6-12)24-10-11-1-3-21(4-2-11)17(23)16-8-14(22)9-20-16/h5-7,11,14,16,20,22H,1-4,8-10H2/t14-,16+/m1/s1. The summed E-state index contributed by atoms with van der Waals surface area (Å²) in [6, 6.07) is 4.95. The summed E-state index contributed by atoms with van der Waals surface area (Å²) in [5.74, 6) is 1.19. The summed E-state index contributed by atoms with van der Waals surface area (Å²) in [6.07, 6.45) is 1.93. The molecule has 2 fully saturated rings. The van der Waals surface area contributed by atoms with E-state index in [9.17, 15) is 9.90 Å². The molecule has 0 aromatic heterocycles. The highest BCUT2D eigenvalue weighted by molar-refractivity contribution is 6.34. The van der Waals surface area contributed by atoms with Crippen LogP contribution in [-0.4, -0.2) is 54.3 Å². The first-order valence-electron chi connectivity index (χ1n) is 8.30. The van der Waals surface area contributed by atoms with Gasteiger partial charge in [-0.25, -0.2) is 0 Å². The predicted molar refractivity (Wildman–Crippen MR) is 93.7 cm³/mol. The van der Waals surface area contributed by atoms with Crippen LogP contribution in [0.15, 0.2) is 18.2 Å². The van der Waals surface area contributed by atoms with Crippen LogP contribution in [0.25, 0.3) is 0 Å². The number of piperidine rings is 1. The Morgan fingerprint density at radius 3 is 2.50 bits per heavy atom. The van der Waals surface area contributed by atoms with E-state index in [0.29, 0.717) is 41.3 Å². The Balaban J connectivity index is 1.44. The summed E-state index contributed by atoms with van der Waals surface area (Å²) in [7, 11) is 0. The Morgan fingerprint density at radius 2 is 1.92 bits per heavy atom. The van der Waals surface area contributed by atoms with Crippen LogP contribution in [0.5, 0.6) is 5.75 Å². The third-order valence-electron chi connectivity index (χ3n) is 4.65. The molecule has 2 heterocycles. The fraction of sp³-hybridized carbons (Fsp3) is 0.588. The van der Waals surface area contributed by atoms with Crippen molar-refractivity contribution in [3.63, 3.8) is 0 Å². The van der Waals surface area contributed by atoms with E-state index in [4.69, 9.17) is 27.9 Å². The van der Waals surface area contributed by atoms with Gasteiger partial charge in [-0.2, -0.15) is 0 Å². The fourth-order valence-corrected chi connectivity index (χ4v) is 3.78. The minimum atomic E-state index is -0.408. The largest absolute Gasteiger partial charge is 0.493 e. The van der Waals surface area contributed by atoms with E-state index in [2.05, 4.69) is 5.32 Å². The van der Waals surface area contributed by atoms with E-state index in [1.807, 2.05) is 4.90 Å². The van der Waals surface area contributed by atoms with Crippen molar-refractivity contribution in [2.24, 2.45) is 5.92 Å². The zero-order valence-corrected chi connectivity index (χ0v) is 14.9. The number of aliphatic hydroxyl groups is 1.